The number of benzene rings is 2. The zero-order valence-corrected chi connectivity index (χ0v) is 17.8. The highest BCUT2D eigenvalue weighted by Gasteiger charge is 2.30. The number of rotatable bonds is 6. The van der Waals surface area contributed by atoms with Gasteiger partial charge in [-0.2, -0.15) is 0 Å². The maximum atomic E-state index is 13.5. The third-order valence-electron chi connectivity index (χ3n) is 5.74. The van der Waals surface area contributed by atoms with E-state index in [1.54, 1.807) is 6.07 Å². The van der Waals surface area contributed by atoms with Gasteiger partial charge in [0.1, 0.15) is 5.82 Å². The standard InChI is InChI=1S/C22H25ClFN3O.ClH/c23-16-4-7-18(8-5-16)27-13-11-26(12-14-27)10-2-1-3-19-20-15-17(24)6-9-21(20)25-22(19)28;/h4-9,15,19H,1-3,10-14H2,(H,25,28);1H. The first-order chi connectivity index (χ1) is 13.6. The van der Waals surface area contributed by atoms with Crippen molar-refractivity contribution in [1.82, 2.24) is 4.90 Å². The quantitative estimate of drug-likeness (QED) is 0.650. The van der Waals surface area contributed by atoms with Crippen molar-refractivity contribution < 1.29 is 9.18 Å². The molecule has 0 saturated carbocycles. The Balaban J connectivity index is 0.00000240. The molecular formula is C22H26Cl2FN3O. The smallest absolute Gasteiger partial charge is 0.232 e. The average molecular weight is 438 g/mol. The van der Waals surface area contributed by atoms with Crippen molar-refractivity contribution in [2.24, 2.45) is 0 Å². The van der Waals surface area contributed by atoms with Crippen LogP contribution in [0.5, 0.6) is 0 Å². The molecule has 1 saturated heterocycles. The van der Waals surface area contributed by atoms with Crippen LogP contribution in [0.25, 0.3) is 0 Å². The molecule has 156 valence electrons. The van der Waals surface area contributed by atoms with Crippen molar-refractivity contribution in [1.29, 1.82) is 0 Å². The summed E-state index contributed by atoms with van der Waals surface area (Å²) in [6, 6.07) is 12.6. The SMILES string of the molecule is Cl.O=C1Nc2ccc(F)cc2C1CCCCN1CCN(c2ccc(Cl)cc2)CC1. The molecule has 0 aromatic heterocycles. The summed E-state index contributed by atoms with van der Waals surface area (Å²) in [5.74, 6) is -0.497. The summed E-state index contributed by atoms with van der Waals surface area (Å²) < 4.78 is 13.5. The zero-order chi connectivity index (χ0) is 19.5. The number of amides is 1. The zero-order valence-electron chi connectivity index (χ0n) is 16.2. The molecule has 4 nitrogen and oxygen atoms in total. The largest absolute Gasteiger partial charge is 0.369 e. The van der Waals surface area contributed by atoms with Crippen molar-refractivity contribution in [3.63, 3.8) is 0 Å². The number of piperazine rings is 1. The number of unbranched alkanes of at least 4 members (excludes halogenated alkanes) is 1. The molecule has 0 bridgehead atoms. The van der Waals surface area contributed by atoms with Crippen LogP contribution in [0.15, 0.2) is 42.5 Å². The lowest BCUT2D eigenvalue weighted by molar-refractivity contribution is -0.117. The second-order valence-corrected chi connectivity index (χ2v) is 8.01. The lowest BCUT2D eigenvalue weighted by atomic mass is 9.95. The number of hydrogen-bond donors (Lipinski definition) is 1. The van der Waals surface area contributed by atoms with Gasteiger partial charge in [0.15, 0.2) is 0 Å². The molecule has 2 aromatic carbocycles. The van der Waals surface area contributed by atoms with E-state index in [1.165, 1.54) is 17.8 Å². The Morgan fingerprint density at radius 1 is 1.03 bits per heavy atom. The predicted octanol–water partition coefficient (Wildman–Crippen LogP) is 4.93. The van der Waals surface area contributed by atoms with E-state index in [1.807, 2.05) is 12.1 Å². The fourth-order valence-corrected chi connectivity index (χ4v) is 4.27. The van der Waals surface area contributed by atoms with Gasteiger partial charge in [-0.3, -0.25) is 9.69 Å². The van der Waals surface area contributed by atoms with Gasteiger partial charge in [0.05, 0.1) is 5.92 Å². The van der Waals surface area contributed by atoms with Gasteiger partial charge in [0, 0.05) is 42.6 Å². The third kappa shape index (κ3) is 5.21. The Morgan fingerprint density at radius 2 is 1.76 bits per heavy atom. The summed E-state index contributed by atoms with van der Waals surface area (Å²) in [6.45, 7) is 5.15. The second kappa shape index (κ2) is 9.79. The molecule has 0 radical (unpaired) electrons. The number of carbonyl (C=O) groups excluding carboxylic acids is 1. The first kappa shape index (κ1) is 21.9. The maximum absolute atomic E-state index is 13.5. The highest BCUT2D eigenvalue weighted by Crippen LogP contribution is 2.36. The number of nitrogens with one attached hydrogen (secondary N) is 1. The maximum Gasteiger partial charge on any atom is 0.232 e. The molecule has 1 amide bonds. The first-order valence-corrected chi connectivity index (χ1v) is 10.3. The fraction of sp³-hybridized carbons (Fsp3) is 0.409. The van der Waals surface area contributed by atoms with Gasteiger partial charge in [0.25, 0.3) is 0 Å². The monoisotopic (exact) mass is 437 g/mol. The average Bonchev–Trinajstić information content (AvgIpc) is 3.01. The molecule has 2 aliphatic rings. The first-order valence-electron chi connectivity index (χ1n) is 9.93. The van der Waals surface area contributed by atoms with Gasteiger partial charge in [-0.05, 0) is 67.4 Å². The third-order valence-corrected chi connectivity index (χ3v) is 6.00. The van der Waals surface area contributed by atoms with E-state index >= 15 is 0 Å². The van der Waals surface area contributed by atoms with E-state index in [0.717, 1.165) is 68.3 Å². The minimum atomic E-state index is -0.279. The van der Waals surface area contributed by atoms with Gasteiger partial charge in [-0.1, -0.05) is 18.0 Å². The highest BCUT2D eigenvalue weighted by atomic mass is 35.5. The Bertz CT molecular complexity index is 838. The van der Waals surface area contributed by atoms with Crippen LogP contribution in [0.1, 0.15) is 30.7 Å². The van der Waals surface area contributed by atoms with Gasteiger partial charge in [-0.15, -0.1) is 12.4 Å². The molecule has 1 unspecified atom stereocenters. The lowest BCUT2D eigenvalue weighted by Gasteiger charge is -2.36. The van der Waals surface area contributed by atoms with Crippen molar-refractivity contribution in [2.45, 2.75) is 25.2 Å². The van der Waals surface area contributed by atoms with Crippen LogP contribution in [0.3, 0.4) is 0 Å². The minimum Gasteiger partial charge on any atom is -0.369 e. The van der Waals surface area contributed by atoms with E-state index < -0.39 is 0 Å². The van der Waals surface area contributed by atoms with Gasteiger partial charge in [-0.25, -0.2) is 4.39 Å². The number of nitrogens with zero attached hydrogens (tertiary/aromatic N) is 2. The summed E-state index contributed by atoms with van der Waals surface area (Å²) in [6.07, 6.45) is 2.79. The van der Waals surface area contributed by atoms with Crippen molar-refractivity contribution in [3.05, 3.63) is 58.9 Å². The second-order valence-electron chi connectivity index (χ2n) is 7.57. The summed E-state index contributed by atoms with van der Waals surface area (Å²) in [7, 11) is 0. The molecule has 4 rings (SSSR count). The van der Waals surface area contributed by atoms with Gasteiger partial charge in [0.2, 0.25) is 5.91 Å². The number of fused-ring (bicyclic) bond motifs is 1. The van der Waals surface area contributed by atoms with Crippen LogP contribution in [-0.4, -0.2) is 43.5 Å². The summed E-state index contributed by atoms with van der Waals surface area (Å²) >= 11 is 5.97. The van der Waals surface area contributed by atoms with Crippen molar-refractivity contribution in [2.75, 3.05) is 42.9 Å². The Morgan fingerprint density at radius 3 is 2.48 bits per heavy atom. The molecule has 2 aromatic rings. The van der Waals surface area contributed by atoms with E-state index in [-0.39, 0.29) is 30.0 Å². The van der Waals surface area contributed by atoms with Crippen molar-refractivity contribution >= 4 is 41.3 Å². The fourth-order valence-electron chi connectivity index (χ4n) is 4.15. The van der Waals surface area contributed by atoms with E-state index in [2.05, 4.69) is 27.2 Å². The number of carbonyl (C=O) groups is 1. The van der Waals surface area contributed by atoms with E-state index in [4.69, 9.17) is 11.6 Å². The van der Waals surface area contributed by atoms with Crippen LogP contribution in [0, 0.1) is 5.82 Å². The molecule has 7 heteroatoms. The Labute approximate surface area is 182 Å². The molecule has 1 N–H and O–H groups in total. The molecular weight excluding hydrogens is 412 g/mol. The summed E-state index contributed by atoms with van der Waals surface area (Å²) in [5, 5.41) is 3.63. The van der Waals surface area contributed by atoms with E-state index in [9.17, 15) is 9.18 Å². The van der Waals surface area contributed by atoms with Crippen LogP contribution < -0.4 is 10.2 Å². The number of halogens is 3. The Kier molecular flexibility index (Phi) is 7.38. The van der Waals surface area contributed by atoms with Gasteiger partial charge >= 0.3 is 0 Å². The summed E-state index contributed by atoms with van der Waals surface area (Å²) in [5.41, 5.74) is 2.79. The molecule has 1 atom stereocenters. The lowest BCUT2D eigenvalue weighted by Crippen LogP contribution is -2.46. The predicted molar refractivity (Wildman–Crippen MR) is 119 cm³/mol. The van der Waals surface area contributed by atoms with Crippen molar-refractivity contribution in [3.8, 4) is 0 Å². The minimum absolute atomic E-state index is 0. The summed E-state index contributed by atoms with van der Waals surface area (Å²) in [4.78, 5) is 17.0. The van der Waals surface area contributed by atoms with Crippen LogP contribution in [0.4, 0.5) is 15.8 Å². The molecule has 29 heavy (non-hydrogen) atoms. The number of hydrogen-bond acceptors (Lipinski definition) is 3. The topological polar surface area (TPSA) is 35.6 Å². The molecule has 0 aliphatic carbocycles. The van der Waals surface area contributed by atoms with Crippen LogP contribution in [-0.2, 0) is 4.79 Å². The normalized spacial score (nSPS) is 18.9. The van der Waals surface area contributed by atoms with Crippen LogP contribution in [0.2, 0.25) is 5.02 Å². The highest BCUT2D eigenvalue weighted by molar-refractivity contribution is 6.30. The molecule has 0 spiro atoms. The molecule has 1 fully saturated rings. The molecule has 2 heterocycles. The number of anilines is 2. The van der Waals surface area contributed by atoms with E-state index in [0.29, 0.717) is 0 Å². The van der Waals surface area contributed by atoms with Gasteiger partial charge < -0.3 is 10.2 Å². The van der Waals surface area contributed by atoms with Crippen LogP contribution >= 0.6 is 24.0 Å². The Hall–Kier alpha value is -1.82. The molecule has 2 aliphatic heterocycles.